The van der Waals surface area contributed by atoms with E-state index in [4.69, 9.17) is 4.74 Å². The molecule has 1 heterocycles. The molecule has 5 heteroatoms. The second-order valence-corrected chi connectivity index (χ2v) is 16.0. The minimum Gasteiger partial charge on any atom is -0.393 e. The maximum absolute atomic E-state index is 11.9. The molecule has 200 valence electrons. The maximum Gasteiger partial charge on any atom is 0.166 e. The summed E-state index contributed by atoms with van der Waals surface area (Å²) in [7, 11) is 0. The van der Waals surface area contributed by atoms with Crippen LogP contribution in [0.5, 0.6) is 0 Å². The molecule has 0 radical (unpaired) electrons. The van der Waals surface area contributed by atoms with Crippen LogP contribution in [0.4, 0.5) is 0 Å². The zero-order chi connectivity index (χ0) is 25.6. The summed E-state index contributed by atoms with van der Waals surface area (Å²) in [6.07, 6.45) is 5.13. The molecule has 5 aliphatic carbocycles. The summed E-state index contributed by atoms with van der Waals surface area (Å²) in [5.41, 5.74) is -1.85. The van der Waals surface area contributed by atoms with Crippen LogP contribution >= 0.6 is 0 Å². The molecule has 5 saturated carbocycles. The quantitative estimate of drug-likeness (QED) is 0.397. The monoisotopic (exact) mass is 490 g/mol. The molecule has 6 fully saturated rings. The van der Waals surface area contributed by atoms with Crippen LogP contribution in [0.15, 0.2) is 0 Å². The average Bonchev–Trinajstić information content (AvgIpc) is 2.93. The van der Waals surface area contributed by atoms with E-state index >= 15 is 0 Å². The number of hydrogen-bond acceptors (Lipinski definition) is 5. The topological polar surface area (TPSA) is 90.2 Å². The van der Waals surface area contributed by atoms with Crippen molar-refractivity contribution in [2.75, 3.05) is 0 Å². The van der Waals surface area contributed by atoms with E-state index in [2.05, 4.69) is 48.5 Å². The fourth-order valence-corrected chi connectivity index (χ4v) is 12.3. The van der Waals surface area contributed by atoms with Gasteiger partial charge in [0.15, 0.2) is 6.29 Å². The van der Waals surface area contributed by atoms with Gasteiger partial charge in [-0.1, -0.05) is 48.5 Å². The van der Waals surface area contributed by atoms with Gasteiger partial charge >= 0.3 is 0 Å². The van der Waals surface area contributed by atoms with E-state index in [1.54, 1.807) is 0 Å². The molecule has 4 N–H and O–H groups in total. The minimum atomic E-state index is -1.12. The molecule has 0 aromatic heterocycles. The smallest absolute Gasteiger partial charge is 0.166 e. The largest absolute Gasteiger partial charge is 0.393 e. The third-order valence-corrected chi connectivity index (χ3v) is 14.2. The average molecular weight is 491 g/mol. The first-order chi connectivity index (χ1) is 16.0. The number of ether oxygens (including phenoxy) is 1. The normalized spacial score (nSPS) is 62.3. The lowest BCUT2D eigenvalue weighted by atomic mass is 9.30. The van der Waals surface area contributed by atoms with Gasteiger partial charge in [0.2, 0.25) is 0 Å². The molecule has 0 aromatic rings. The van der Waals surface area contributed by atoms with Crippen molar-refractivity contribution >= 4 is 0 Å². The van der Waals surface area contributed by atoms with Crippen LogP contribution in [-0.2, 0) is 4.74 Å². The number of aliphatic hydroxyl groups is 4. The summed E-state index contributed by atoms with van der Waals surface area (Å²) >= 11 is 0. The first kappa shape index (κ1) is 25.1. The van der Waals surface area contributed by atoms with Crippen LogP contribution in [0, 0.1) is 50.2 Å². The van der Waals surface area contributed by atoms with Crippen molar-refractivity contribution in [1.29, 1.82) is 0 Å². The summed E-state index contributed by atoms with van der Waals surface area (Å²) in [6, 6.07) is 0. The fraction of sp³-hybridized carbons (Fsp3) is 1.00. The van der Waals surface area contributed by atoms with E-state index in [-0.39, 0.29) is 39.1 Å². The number of aliphatic hydroxyl groups excluding tert-OH is 4. The molecule has 0 unspecified atom stereocenters. The first-order valence-electron chi connectivity index (χ1n) is 14.4. The van der Waals surface area contributed by atoms with Gasteiger partial charge in [0.05, 0.1) is 29.3 Å². The third-order valence-electron chi connectivity index (χ3n) is 14.2. The minimum absolute atomic E-state index is 0.0430. The SMILES string of the molecule is CC1(C)C[C@@H]2[C@@]3([C@H](O)C[C@]4(C)[C@@]2(CC[C@@H]2[C@@]5(C)CC[C@H](O)C(C)(C)[C@@H]5CC[C@]24C)O[C@H]3O)[C@@H](O)C1. The van der Waals surface area contributed by atoms with Crippen LogP contribution in [0.3, 0.4) is 0 Å². The summed E-state index contributed by atoms with van der Waals surface area (Å²) in [4.78, 5) is 0. The Morgan fingerprint density at radius 1 is 0.629 bits per heavy atom. The predicted octanol–water partition coefficient (Wildman–Crippen LogP) is 4.64. The molecule has 35 heavy (non-hydrogen) atoms. The fourth-order valence-electron chi connectivity index (χ4n) is 12.3. The molecule has 0 aromatic carbocycles. The second-order valence-electron chi connectivity index (χ2n) is 16.0. The van der Waals surface area contributed by atoms with Crippen LogP contribution in [0.25, 0.3) is 0 Å². The Morgan fingerprint density at radius 2 is 1.26 bits per heavy atom. The molecular formula is C30H50O5. The highest BCUT2D eigenvalue weighted by Gasteiger charge is 2.83. The summed E-state index contributed by atoms with van der Waals surface area (Å²) in [6.45, 7) is 16.3. The van der Waals surface area contributed by atoms with Gasteiger partial charge < -0.3 is 25.2 Å². The van der Waals surface area contributed by atoms with Gasteiger partial charge in [0, 0.05) is 11.3 Å². The molecule has 0 amide bonds. The van der Waals surface area contributed by atoms with Gasteiger partial charge in [0.25, 0.3) is 0 Å². The van der Waals surface area contributed by atoms with E-state index in [0.29, 0.717) is 24.7 Å². The second kappa shape index (κ2) is 6.86. The van der Waals surface area contributed by atoms with Crippen molar-refractivity contribution in [3.05, 3.63) is 0 Å². The lowest BCUT2D eigenvalue weighted by molar-refractivity contribution is -0.305. The zero-order valence-electron chi connectivity index (χ0n) is 23.1. The molecule has 1 aliphatic heterocycles. The zero-order valence-corrected chi connectivity index (χ0v) is 23.1. The Labute approximate surface area is 212 Å². The lowest BCUT2D eigenvalue weighted by Crippen LogP contribution is -2.75. The molecule has 6 aliphatic rings. The summed E-state index contributed by atoms with van der Waals surface area (Å²) in [5, 5.41) is 45.8. The standard InChI is InChI=1S/C30H50O5/c1-24(2)14-19-29-13-9-18-26(5)11-10-20(31)25(3,4)17(26)8-12-27(18,6)28(29,7)16-22(33)30(19,21(32)15-24)23(34)35-29/h17-23,31-34H,8-16H2,1-7H3/t17-,18+,19-,20-,21-,22+,23+,26-,27+,28-,29-,30-/m0/s1. The Kier molecular flexibility index (Phi) is 4.92. The third kappa shape index (κ3) is 2.55. The molecule has 2 bridgehead atoms. The predicted molar refractivity (Wildman–Crippen MR) is 134 cm³/mol. The van der Waals surface area contributed by atoms with Gasteiger partial charge in [-0.3, -0.25) is 0 Å². The highest BCUT2D eigenvalue weighted by atomic mass is 16.6. The van der Waals surface area contributed by atoms with E-state index in [9.17, 15) is 20.4 Å². The molecule has 6 rings (SSSR count). The molecular weight excluding hydrogens is 440 g/mol. The highest BCUT2D eigenvalue weighted by molar-refractivity contribution is 5.30. The van der Waals surface area contributed by atoms with Crippen LogP contribution in [-0.4, -0.2) is 50.6 Å². The van der Waals surface area contributed by atoms with Gasteiger partial charge in [-0.15, -0.1) is 0 Å². The van der Waals surface area contributed by atoms with Crippen molar-refractivity contribution in [3.8, 4) is 0 Å². The first-order valence-corrected chi connectivity index (χ1v) is 14.4. The molecule has 1 spiro atoms. The van der Waals surface area contributed by atoms with Crippen LogP contribution in [0.2, 0.25) is 0 Å². The number of fused-ring (bicyclic) bond motifs is 4. The lowest BCUT2D eigenvalue weighted by Gasteiger charge is -2.75. The van der Waals surface area contributed by atoms with Gasteiger partial charge in [-0.05, 0) is 91.3 Å². The van der Waals surface area contributed by atoms with E-state index < -0.39 is 29.5 Å². The maximum atomic E-state index is 11.9. The molecule has 12 atom stereocenters. The van der Waals surface area contributed by atoms with E-state index in [1.807, 2.05) is 0 Å². The summed E-state index contributed by atoms with van der Waals surface area (Å²) in [5.74, 6) is 0.914. The highest BCUT2D eigenvalue weighted by Crippen LogP contribution is 2.81. The van der Waals surface area contributed by atoms with Crippen molar-refractivity contribution in [2.24, 2.45) is 50.2 Å². The Balaban J connectivity index is 1.48. The Hall–Kier alpha value is -0.200. The number of rotatable bonds is 0. The summed E-state index contributed by atoms with van der Waals surface area (Å²) < 4.78 is 6.79. The van der Waals surface area contributed by atoms with E-state index in [0.717, 1.165) is 44.9 Å². The molecule has 1 saturated heterocycles. The molecule has 5 nitrogen and oxygen atoms in total. The van der Waals surface area contributed by atoms with Crippen molar-refractivity contribution < 1.29 is 25.2 Å². The van der Waals surface area contributed by atoms with Crippen molar-refractivity contribution in [3.63, 3.8) is 0 Å². The van der Waals surface area contributed by atoms with Gasteiger partial charge in [0.1, 0.15) is 0 Å². The van der Waals surface area contributed by atoms with Crippen LogP contribution in [0.1, 0.15) is 106 Å². The number of hydrogen-bond donors (Lipinski definition) is 4. The van der Waals surface area contributed by atoms with Gasteiger partial charge in [-0.2, -0.15) is 0 Å². The van der Waals surface area contributed by atoms with Gasteiger partial charge in [-0.25, -0.2) is 0 Å². The van der Waals surface area contributed by atoms with Crippen molar-refractivity contribution in [1.82, 2.24) is 0 Å². The van der Waals surface area contributed by atoms with Crippen molar-refractivity contribution in [2.45, 2.75) is 136 Å². The Bertz CT molecular complexity index is 916. The Morgan fingerprint density at radius 3 is 1.94 bits per heavy atom. The van der Waals surface area contributed by atoms with Crippen LogP contribution < -0.4 is 0 Å². The van der Waals surface area contributed by atoms with E-state index in [1.165, 1.54) is 0 Å².